The molecule has 1 aliphatic carbocycles. The maximum absolute atomic E-state index is 12.6. The van der Waals surface area contributed by atoms with Crippen LogP contribution in [-0.4, -0.2) is 17.5 Å². The van der Waals surface area contributed by atoms with E-state index in [2.05, 4.69) is 17.5 Å². The summed E-state index contributed by atoms with van der Waals surface area (Å²) in [6.45, 7) is 1.99. The second-order valence-electron chi connectivity index (χ2n) is 7.09. The fraction of sp³-hybridized carbons (Fsp3) is 0.500. The number of carbonyl (C=O) groups excluding carboxylic acids is 3. The Morgan fingerprint density at radius 1 is 0.846 bits per heavy atom. The number of nitrogens with one attached hydrogen (secondary N) is 1. The maximum atomic E-state index is 12.6. The molecule has 2 rings (SSSR count). The Bertz CT molecular complexity index is 665. The molecule has 4 heteroatoms. The zero-order chi connectivity index (χ0) is 18.8. The normalized spacial score (nSPS) is 24.8. The highest BCUT2D eigenvalue weighted by molar-refractivity contribution is 6.21. The van der Waals surface area contributed by atoms with Gasteiger partial charge in [0.15, 0.2) is 5.78 Å². The van der Waals surface area contributed by atoms with Gasteiger partial charge in [-0.3, -0.25) is 14.4 Å². The van der Waals surface area contributed by atoms with E-state index in [-0.39, 0.29) is 23.2 Å². The first-order valence-corrected chi connectivity index (χ1v) is 9.67. The Hall–Kier alpha value is -2.23. The van der Waals surface area contributed by atoms with Gasteiger partial charge in [-0.2, -0.15) is 0 Å². The average Bonchev–Trinajstić information content (AvgIpc) is 2.59. The van der Waals surface area contributed by atoms with Crippen molar-refractivity contribution in [1.82, 2.24) is 5.32 Å². The van der Waals surface area contributed by atoms with Crippen molar-refractivity contribution >= 4 is 17.5 Å². The summed E-state index contributed by atoms with van der Waals surface area (Å²) in [7, 11) is 0. The minimum Gasteiger partial charge on any atom is -0.323 e. The molecular formula is C22H29NO3. The summed E-state index contributed by atoms with van der Waals surface area (Å²) in [5.41, 5.74) is 1.65. The van der Waals surface area contributed by atoms with E-state index < -0.39 is 0 Å². The highest BCUT2D eigenvalue weighted by Crippen LogP contribution is 2.20. The van der Waals surface area contributed by atoms with Crippen molar-refractivity contribution in [2.75, 3.05) is 0 Å². The van der Waals surface area contributed by atoms with Gasteiger partial charge in [-0.1, -0.05) is 43.1 Å². The van der Waals surface area contributed by atoms with Crippen molar-refractivity contribution in [3.05, 3.63) is 47.2 Å². The van der Waals surface area contributed by atoms with Crippen molar-refractivity contribution in [2.45, 2.75) is 71.1 Å². The number of carbonyl (C=O) groups is 3. The Labute approximate surface area is 156 Å². The molecule has 0 aromatic carbocycles. The van der Waals surface area contributed by atoms with Crippen LogP contribution in [0, 0.1) is 0 Å². The van der Waals surface area contributed by atoms with Gasteiger partial charge in [-0.05, 0) is 51.5 Å². The molecule has 4 nitrogen and oxygen atoms in total. The largest absolute Gasteiger partial charge is 0.323 e. The molecule has 0 aromatic rings. The molecule has 140 valence electrons. The molecule has 0 atom stereocenters. The Morgan fingerprint density at radius 3 is 2.35 bits per heavy atom. The Morgan fingerprint density at radius 2 is 1.54 bits per heavy atom. The summed E-state index contributed by atoms with van der Waals surface area (Å²) in [4.78, 5) is 36.5. The fourth-order valence-electron chi connectivity index (χ4n) is 3.20. The van der Waals surface area contributed by atoms with Crippen LogP contribution in [0.5, 0.6) is 0 Å². The predicted octanol–water partition coefficient (Wildman–Crippen LogP) is 4.48. The van der Waals surface area contributed by atoms with Crippen LogP contribution in [0.3, 0.4) is 0 Å². The highest BCUT2D eigenvalue weighted by Gasteiger charge is 2.23. The summed E-state index contributed by atoms with van der Waals surface area (Å²) in [5.74, 6) is -0.721. The topological polar surface area (TPSA) is 63.2 Å². The maximum Gasteiger partial charge on any atom is 0.224 e. The van der Waals surface area contributed by atoms with Crippen LogP contribution in [0.15, 0.2) is 47.2 Å². The zero-order valence-electron chi connectivity index (χ0n) is 15.7. The number of hydrogen-bond donors (Lipinski definition) is 1. The molecular weight excluding hydrogens is 326 g/mol. The number of rotatable bonds is 0. The highest BCUT2D eigenvalue weighted by atomic mass is 16.2. The smallest absolute Gasteiger partial charge is 0.224 e. The first-order valence-electron chi connectivity index (χ1n) is 9.67. The van der Waals surface area contributed by atoms with Crippen molar-refractivity contribution in [1.29, 1.82) is 0 Å². The second-order valence-corrected chi connectivity index (χ2v) is 7.09. The summed E-state index contributed by atoms with van der Waals surface area (Å²) in [6, 6.07) is 0. The quantitative estimate of drug-likeness (QED) is 0.515. The van der Waals surface area contributed by atoms with E-state index in [0.29, 0.717) is 24.8 Å². The van der Waals surface area contributed by atoms with E-state index in [4.69, 9.17) is 0 Å². The number of Topliss-reactive ketones (excluding diaryl/α,β-unsaturated/α-hetero) is 1. The molecule has 0 spiro atoms. The molecule has 0 aromatic heterocycles. The molecule has 26 heavy (non-hydrogen) atoms. The number of hydrogen-bond acceptors (Lipinski definition) is 3. The van der Waals surface area contributed by atoms with Crippen LogP contribution >= 0.6 is 0 Å². The molecule has 1 N–H and O–H groups in total. The van der Waals surface area contributed by atoms with Crippen molar-refractivity contribution in [3.8, 4) is 0 Å². The predicted molar refractivity (Wildman–Crippen MR) is 103 cm³/mol. The van der Waals surface area contributed by atoms with Gasteiger partial charge in [0.05, 0.1) is 5.70 Å². The van der Waals surface area contributed by atoms with E-state index in [1.807, 2.05) is 13.0 Å². The second kappa shape index (κ2) is 10.7. The molecule has 1 heterocycles. The zero-order valence-corrected chi connectivity index (χ0v) is 15.7. The van der Waals surface area contributed by atoms with Crippen LogP contribution in [-0.2, 0) is 14.4 Å². The van der Waals surface area contributed by atoms with Crippen molar-refractivity contribution < 1.29 is 14.4 Å². The van der Waals surface area contributed by atoms with Crippen LogP contribution in [0.25, 0.3) is 0 Å². The van der Waals surface area contributed by atoms with Gasteiger partial charge in [-0.15, -0.1) is 0 Å². The Balaban J connectivity index is 2.07. The fourth-order valence-corrected chi connectivity index (χ4v) is 3.20. The number of amides is 1. The number of fused-ring (bicyclic) bond motifs is 2. The van der Waals surface area contributed by atoms with Crippen molar-refractivity contribution in [2.24, 2.45) is 0 Å². The van der Waals surface area contributed by atoms with E-state index >= 15 is 0 Å². The number of ketones is 2. The molecule has 0 saturated heterocycles. The minimum absolute atomic E-state index is 0.104. The van der Waals surface area contributed by atoms with E-state index in [1.165, 1.54) is 37.8 Å². The molecule has 0 fully saturated rings. The molecule has 2 aliphatic rings. The summed E-state index contributed by atoms with van der Waals surface area (Å²) < 4.78 is 0. The lowest BCUT2D eigenvalue weighted by molar-refractivity contribution is -0.122. The monoisotopic (exact) mass is 355 g/mol. The summed E-state index contributed by atoms with van der Waals surface area (Å²) in [6.07, 6.45) is 18.4. The van der Waals surface area contributed by atoms with Crippen LogP contribution in [0.4, 0.5) is 0 Å². The lowest BCUT2D eigenvalue weighted by atomic mass is 9.94. The van der Waals surface area contributed by atoms with E-state index in [1.54, 1.807) is 0 Å². The lowest BCUT2D eigenvalue weighted by Crippen LogP contribution is -2.30. The standard InChI is InChI=1S/C22H29NO3/c1-17-12-10-8-6-4-2-3-5-7-9-11-13-21(25)23-20-16-19(24)15-18(14-17)22(20)26/h7,9,12,15-16H,2-6,8,10-11,13-14H2,1H3,(H,23,25)/b9-7-,17-12+. The van der Waals surface area contributed by atoms with Crippen LogP contribution in [0.1, 0.15) is 71.1 Å². The van der Waals surface area contributed by atoms with Gasteiger partial charge in [0.2, 0.25) is 11.7 Å². The third-order valence-corrected chi connectivity index (χ3v) is 4.66. The van der Waals surface area contributed by atoms with Gasteiger partial charge >= 0.3 is 0 Å². The summed E-state index contributed by atoms with van der Waals surface area (Å²) in [5, 5.41) is 2.62. The van der Waals surface area contributed by atoms with Crippen molar-refractivity contribution in [3.63, 3.8) is 0 Å². The Kier molecular flexibility index (Phi) is 8.26. The minimum atomic E-state index is -0.251. The van der Waals surface area contributed by atoms with Gasteiger partial charge in [-0.25, -0.2) is 0 Å². The summed E-state index contributed by atoms with van der Waals surface area (Å²) >= 11 is 0. The lowest BCUT2D eigenvalue weighted by Gasteiger charge is -2.15. The molecule has 1 amide bonds. The van der Waals surface area contributed by atoms with Crippen LogP contribution < -0.4 is 5.32 Å². The van der Waals surface area contributed by atoms with Gasteiger partial charge in [0.1, 0.15) is 0 Å². The van der Waals surface area contributed by atoms with Gasteiger partial charge in [0, 0.05) is 18.1 Å². The molecule has 0 unspecified atom stereocenters. The van der Waals surface area contributed by atoms with E-state index in [9.17, 15) is 14.4 Å². The first kappa shape index (κ1) is 20.1. The average molecular weight is 355 g/mol. The van der Waals surface area contributed by atoms with Gasteiger partial charge in [0.25, 0.3) is 0 Å². The molecule has 2 bridgehead atoms. The molecule has 0 radical (unpaired) electrons. The first-order chi connectivity index (χ1) is 12.6. The SMILES string of the molecule is C/C1=C\CCCCCCC/C=C\CCC(=O)NC2=CC(=O)C=C(C1)C2=O. The molecule has 1 aliphatic heterocycles. The van der Waals surface area contributed by atoms with E-state index in [0.717, 1.165) is 24.8 Å². The van der Waals surface area contributed by atoms with Gasteiger partial charge < -0.3 is 5.32 Å². The number of allylic oxidation sites excluding steroid dienone is 7. The molecule has 0 saturated carbocycles. The van der Waals surface area contributed by atoms with Crippen LogP contribution in [0.2, 0.25) is 0 Å². The third kappa shape index (κ3) is 6.95. The third-order valence-electron chi connectivity index (χ3n) is 4.66.